The monoisotopic (exact) mass is 225 g/mol. The minimum atomic E-state index is 0.430. The molecular weight excluding hydrogens is 206 g/mol. The summed E-state index contributed by atoms with van der Waals surface area (Å²) in [4.78, 5) is 7.00. The fraction of sp³-hybridized carbons (Fsp3) is 0.727. The lowest BCUT2D eigenvalue weighted by Gasteiger charge is -2.28. The normalized spacial score (nSPS) is 23.6. The topological polar surface area (TPSA) is 28.2 Å². The fourth-order valence-corrected chi connectivity index (χ4v) is 2.78. The second-order valence-corrected chi connectivity index (χ2v) is 5.34. The predicted octanol–water partition coefficient (Wildman–Crippen LogP) is 1.81. The molecule has 0 amide bonds. The largest absolute Gasteiger partial charge is 0.315 e. The van der Waals surface area contributed by atoms with Gasteiger partial charge in [-0.15, -0.1) is 11.3 Å². The Morgan fingerprint density at radius 3 is 3.00 bits per heavy atom. The predicted molar refractivity (Wildman–Crippen MR) is 64.3 cm³/mol. The van der Waals surface area contributed by atoms with Gasteiger partial charge in [0.1, 0.15) is 0 Å². The van der Waals surface area contributed by atoms with Gasteiger partial charge in [0, 0.05) is 18.0 Å². The van der Waals surface area contributed by atoms with Crippen LogP contribution in [0.2, 0.25) is 0 Å². The van der Waals surface area contributed by atoms with Crippen molar-refractivity contribution in [2.24, 2.45) is 0 Å². The number of hydrogen-bond donors (Lipinski definition) is 1. The highest BCUT2D eigenvalue weighted by atomic mass is 32.1. The molecule has 0 aromatic carbocycles. The highest BCUT2D eigenvalue weighted by Gasteiger charge is 2.24. The zero-order valence-electron chi connectivity index (χ0n) is 9.66. The van der Waals surface area contributed by atoms with E-state index in [0.29, 0.717) is 12.1 Å². The van der Waals surface area contributed by atoms with Crippen molar-refractivity contribution in [1.82, 2.24) is 15.2 Å². The van der Waals surface area contributed by atoms with Crippen LogP contribution in [0.5, 0.6) is 0 Å². The zero-order chi connectivity index (χ0) is 10.8. The molecule has 1 fully saturated rings. The van der Waals surface area contributed by atoms with Gasteiger partial charge in [0.2, 0.25) is 0 Å². The molecule has 0 bridgehead atoms. The van der Waals surface area contributed by atoms with Crippen molar-refractivity contribution in [2.75, 3.05) is 20.1 Å². The molecule has 1 aliphatic rings. The fourth-order valence-electron chi connectivity index (χ4n) is 2.08. The summed E-state index contributed by atoms with van der Waals surface area (Å²) < 4.78 is 0. The van der Waals surface area contributed by atoms with Crippen molar-refractivity contribution >= 4 is 11.3 Å². The van der Waals surface area contributed by atoms with Gasteiger partial charge in [-0.1, -0.05) is 0 Å². The van der Waals surface area contributed by atoms with E-state index >= 15 is 0 Å². The maximum absolute atomic E-state index is 4.56. The maximum atomic E-state index is 4.56. The van der Waals surface area contributed by atoms with Crippen LogP contribution in [0.25, 0.3) is 0 Å². The number of rotatable bonds is 3. The van der Waals surface area contributed by atoms with Crippen LogP contribution in [0.4, 0.5) is 0 Å². The Balaban J connectivity index is 2.03. The quantitative estimate of drug-likeness (QED) is 0.850. The summed E-state index contributed by atoms with van der Waals surface area (Å²) in [5.74, 6) is 0. The van der Waals surface area contributed by atoms with Crippen molar-refractivity contribution < 1.29 is 0 Å². The molecule has 1 aliphatic heterocycles. The molecule has 0 radical (unpaired) electrons. The standard InChI is InChI=1S/C11H19N3S/c1-8(11-7-15-9(2)13-11)14(3)10-4-5-12-6-10/h7-8,10,12H,4-6H2,1-3H3. The third kappa shape index (κ3) is 2.38. The van der Waals surface area contributed by atoms with Crippen molar-refractivity contribution in [3.63, 3.8) is 0 Å². The number of aromatic nitrogens is 1. The van der Waals surface area contributed by atoms with E-state index in [2.05, 4.69) is 41.5 Å². The second-order valence-electron chi connectivity index (χ2n) is 4.28. The molecule has 1 saturated heterocycles. The summed E-state index contributed by atoms with van der Waals surface area (Å²) in [5, 5.41) is 6.75. The molecule has 3 nitrogen and oxygen atoms in total. The lowest BCUT2D eigenvalue weighted by molar-refractivity contribution is 0.194. The third-order valence-electron chi connectivity index (χ3n) is 3.29. The maximum Gasteiger partial charge on any atom is 0.0898 e. The summed E-state index contributed by atoms with van der Waals surface area (Å²) in [6, 6.07) is 1.10. The Kier molecular flexibility index (Phi) is 3.38. The summed E-state index contributed by atoms with van der Waals surface area (Å²) >= 11 is 1.74. The molecule has 1 aromatic rings. The van der Waals surface area contributed by atoms with Gasteiger partial charge in [-0.25, -0.2) is 4.98 Å². The van der Waals surface area contributed by atoms with Crippen molar-refractivity contribution in [3.05, 3.63) is 16.1 Å². The van der Waals surface area contributed by atoms with Crippen LogP contribution in [-0.2, 0) is 0 Å². The Morgan fingerprint density at radius 1 is 1.67 bits per heavy atom. The van der Waals surface area contributed by atoms with Crippen LogP contribution >= 0.6 is 11.3 Å². The number of nitrogens with one attached hydrogen (secondary N) is 1. The highest BCUT2D eigenvalue weighted by molar-refractivity contribution is 7.09. The van der Waals surface area contributed by atoms with E-state index in [1.165, 1.54) is 12.1 Å². The van der Waals surface area contributed by atoms with Crippen LogP contribution in [0.1, 0.15) is 30.1 Å². The molecule has 0 aliphatic carbocycles. The van der Waals surface area contributed by atoms with Gasteiger partial charge < -0.3 is 5.32 Å². The Bertz CT molecular complexity index is 317. The Hall–Kier alpha value is -0.450. The molecule has 1 N–H and O–H groups in total. The average molecular weight is 225 g/mol. The molecule has 84 valence electrons. The minimum Gasteiger partial charge on any atom is -0.315 e. The van der Waals surface area contributed by atoms with Crippen LogP contribution in [0.15, 0.2) is 5.38 Å². The van der Waals surface area contributed by atoms with Crippen molar-refractivity contribution in [3.8, 4) is 0 Å². The lowest BCUT2D eigenvalue weighted by atomic mass is 10.1. The Morgan fingerprint density at radius 2 is 2.47 bits per heavy atom. The molecule has 2 atom stereocenters. The van der Waals surface area contributed by atoms with E-state index in [0.717, 1.165) is 18.1 Å². The number of nitrogens with zero attached hydrogens (tertiary/aromatic N) is 2. The molecular formula is C11H19N3S. The molecule has 4 heteroatoms. The first-order valence-electron chi connectivity index (χ1n) is 5.53. The highest BCUT2D eigenvalue weighted by Crippen LogP contribution is 2.23. The van der Waals surface area contributed by atoms with Crippen LogP contribution in [0.3, 0.4) is 0 Å². The molecule has 0 saturated carbocycles. The number of hydrogen-bond acceptors (Lipinski definition) is 4. The average Bonchev–Trinajstić information content (AvgIpc) is 2.85. The van der Waals surface area contributed by atoms with Crippen LogP contribution in [-0.4, -0.2) is 36.1 Å². The summed E-state index contributed by atoms with van der Waals surface area (Å²) in [6.07, 6.45) is 1.25. The van der Waals surface area contributed by atoms with E-state index in [1.807, 2.05) is 0 Å². The Labute approximate surface area is 95.5 Å². The molecule has 2 unspecified atom stereocenters. The first-order valence-corrected chi connectivity index (χ1v) is 6.41. The van der Waals surface area contributed by atoms with Gasteiger partial charge in [0.25, 0.3) is 0 Å². The number of aryl methyl sites for hydroxylation is 1. The zero-order valence-corrected chi connectivity index (χ0v) is 10.5. The first-order chi connectivity index (χ1) is 7.18. The van der Waals surface area contributed by atoms with Gasteiger partial charge in [-0.2, -0.15) is 0 Å². The smallest absolute Gasteiger partial charge is 0.0898 e. The van der Waals surface area contributed by atoms with Crippen LogP contribution in [0, 0.1) is 6.92 Å². The van der Waals surface area contributed by atoms with E-state index in [4.69, 9.17) is 0 Å². The van der Waals surface area contributed by atoms with E-state index < -0.39 is 0 Å². The van der Waals surface area contributed by atoms with E-state index in [1.54, 1.807) is 11.3 Å². The third-order valence-corrected chi connectivity index (χ3v) is 4.08. The van der Waals surface area contributed by atoms with Crippen molar-refractivity contribution in [2.45, 2.75) is 32.4 Å². The lowest BCUT2D eigenvalue weighted by Crippen LogP contribution is -2.35. The van der Waals surface area contributed by atoms with Gasteiger partial charge in [0.05, 0.1) is 16.7 Å². The summed E-state index contributed by atoms with van der Waals surface area (Å²) in [7, 11) is 2.21. The van der Waals surface area contributed by atoms with Gasteiger partial charge in [-0.05, 0) is 33.9 Å². The minimum absolute atomic E-state index is 0.430. The van der Waals surface area contributed by atoms with Gasteiger partial charge >= 0.3 is 0 Å². The molecule has 15 heavy (non-hydrogen) atoms. The van der Waals surface area contributed by atoms with Crippen molar-refractivity contribution in [1.29, 1.82) is 0 Å². The number of likely N-dealkylation sites (N-methyl/N-ethyl adjacent to an activating group) is 1. The summed E-state index contributed by atoms with van der Waals surface area (Å²) in [5.41, 5.74) is 1.21. The van der Waals surface area contributed by atoms with E-state index in [9.17, 15) is 0 Å². The molecule has 2 heterocycles. The van der Waals surface area contributed by atoms with Crippen LogP contribution < -0.4 is 5.32 Å². The van der Waals surface area contributed by atoms with Gasteiger partial charge in [-0.3, -0.25) is 4.90 Å². The number of thiazole rings is 1. The molecule has 2 rings (SSSR count). The van der Waals surface area contributed by atoms with Gasteiger partial charge in [0.15, 0.2) is 0 Å². The summed E-state index contributed by atoms with van der Waals surface area (Å²) in [6.45, 7) is 6.58. The van der Waals surface area contributed by atoms with E-state index in [-0.39, 0.29) is 0 Å². The molecule has 1 aromatic heterocycles. The second kappa shape index (κ2) is 4.60. The first kappa shape index (κ1) is 11.0. The SMILES string of the molecule is Cc1nc(C(C)N(C)C2CCNC2)cs1. The molecule has 0 spiro atoms.